The molecule has 6 nitrogen and oxygen atoms in total. The van der Waals surface area contributed by atoms with Crippen molar-refractivity contribution < 1.29 is 30.3 Å². The maximum Gasteiger partial charge on any atom is 0.222 e. The predicted molar refractivity (Wildman–Crippen MR) is 105 cm³/mol. The fourth-order valence-electron chi connectivity index (χ4n) is 4.32. The lowest BCUT2D eigenvalue weighted by Crippen LogP contribution is -2.63. The summed E-state index contributed by atoms with van der Waals surface area (Å²) in [7, 11) is 0. The van der Waals surface area contributed by atoms with E-state index in [0.717, 1.165) is 37.7 Å². The molecule has 1 aromatic rings. The summed E-state index contributed by atoms with van der Waals surface area (Å²) in [4.78, 5) is 0. The summed E-state index contributed by atoms with van der Waals surface area (Å²) < 4.78 is 5.42. The molecule has 0 radical (unpaired) electrons. The van der Waals surface area contributed by atoms with Crippen LogP contribution in [0.25, 0.3) is 0 Å². The molecule has 5 atom stereocenters. The lowest BCUT2D eigenvalue weighted by molar-refractivity contribution is -0.357. The summed E-state index contributed by atoms with van der Waals surface area (Å²) >= 11 is 6.39. The minimum atomic E-state index is -2.25. The Morgan fingerprint density at radius 2 is 1.75 bits per heavy atom. The van der Waals surface area contributed by atoms with Crippen molar-refractivity contribution >= 4 is 11.6 Å². The Balaban J connectivity index is 1.84. The van der Waals surface area contributed by atoms with Gasteiger partial charge in [-0.1, -0.05) is 31.5 Å². The Hall–Kier alpha value is -0.730. The summed E-state index contributed by atoms with van der Waals surface area (Å²) in [6, 6.07) is 4.85. The highest BCUT2D eigenvalue weighted by Gasteiger charge is 2.53. The molecular formula is C21H31ClO6. The van der Waals surface area contributed by atoms with Gasteiger partial charge in [0.25, 0.3) is 0 Å². The summed E-state index contributed by atoms with van der Waals surface area (Å²) in [5.74, 6) is -1.76. The van der Waals surface area contributed by atoms with Crippen LogP contribution in [0.2, 0.25) is 5.02 Å². The average molecular weight is 415 g/mol. The van der Waals surface area contributed by atoms with Gasteiger partial charge in [-0.25, -0.2) is 0 Å². The van der Waals surface area contributed by atoms with Crippen LogP contribution >= 0.6 is 11.6 Å². The van der Waals surface area contributed by atoms with Crippen LogP contribution in [0, 0.1) is 11.3 Å². The zero-order chi connectivity index (χ0) is 20.7. The molecule has 1 saturated carbocycles. The van der Waals surface area contributed by atoms with Crippen molar-refractivity contribution in [1.29, 1.82) is 0 Å². The number of aliphatic hydroxyl groups is 5. The second-order valence-corrected chi connectivity index (χ2v) is 9.49. The normalized spacial score (nSPS) is 36.4. The van der Waals surface area contributed by atoms with E-state index >= 15 is 0 Å². The molecule has 0 bridgehead atoms. The van der Waals surface area contributed by atoms with Gasteiger partial charge in [0.15, 0.2) is 0 Å². The molecule has 0 aromatic heterocycles. The Kier molecular flexibility index (Phi) is 6.42. The van der Waals surface area contributed by atoms with E-state index in [1.54, 1.807) is 12.1 Å². The molecular weight excluding hydrogens is 384 g/mol. The Morgan fingerprint density at radius 3 is 2.36 bits per heavy atom. The summed E-state index contributed by atoms with van der Waals surface area (Å²) in [6.45, 7) is 3.96. The van der Waals surface area contributed by atoms with Gasteiger partial charge in [0.05, 0.1) is 6.61 Å². The van der Waals surface area contributed by atoms with Gasteiger partial charge in [-0.05, 0) is 61.1 Å². The summed E-state index contributed by atoms with van der Waals surface area (Å²) in [5, 5.41) is 51.3. The SMILES string of the molecule is CC1(C)CCC(Cc2cc([C@]3(O)O[C@H](CO)[C@@H](O)[C@H](O)[C@H]3O)ccc2Cl)CC1. The number of hydrogen-bond donors (Lipinski definition) is 5. The van der Waals surface area contributed by atoms with Crippen LogP contribution in [-0.2, 0) is 16.9 Å². The van der Waals surface area contributed by atoms with Crippen LogP contribution in [0.3, 0.4) is 0 Å². The van der Waals surface area contributed by atoms with Crippen molar-refractivity contribution in [1.82, 2.24) is 0 Å². The molecule has 0 amide bonds. The van der Waals surface area contributed by atoms with Gasteiger partial charge in [0.1, 0.15) is 24.4 Å². The maximum absolute atomic E-state index is 11.0. The quantitative estimate of drug-likeness (QED) is 0.513. The third-order valence-electron chi connectivity index (χ3n) is 6.39. The van der Waals surface area contributed by atoms with Crippen molar-refractivity contribution in [3.63, 3.8) is 0 Å². The Bertz CT molecular complexity index is 683. The van der Waals surface area contributed by atoms with Gasteiger partial charge >= 0.3 is 0 Å². The first kappa shape index (κ1) is 22.0. The molecule has 28 heavy (non-hydrogen) atoms. The highest BCUT2D eigenvalue weighted by Crippen LogP contribution is 2.41. The van der Waals surface area contributed by atoms with Gasteiger partial charge in [-0.2, -0.15) is 0 Å². The van der Waals surface area contributed by atoms with Gasteiger partial charge in [-0.15, -0.1) is 0 Å². The zero-order valence-electron chi connectivity index (χ0n) is 16.4. The average Bonchev–Trinajstić information content (AvgIpc) is 2.66. The Morgan fingerprint density at radius 1 is 1.11 bits per heavy atom. The molecule has 1 saturated heterocycles. The van der Waals surface area contributed by atoms with Crippen LogP contribution in [0.15, 0.2) is 18.2 Å². The first-order valence-corrected chi connectivity index (χ1v) is 10.3. The predicted octanol–water partition coefficient (Wildman–Crippen LogP) is 1.72. The summed E-state index contributed by atoms with van der Waals surface area (Å²) in [6.07, 6.45) is -0.871. The third-order valence-corrected chi connectivity index (χ3v) is 6.76. The number of ether oxygens (including phenoxy) is 1. The second-order valence-electron chi connectivity index (χ2n) is 9.08. The fraction of sp³-hybridized carbons (Fsp3) is 0.714. The molecule has 2 fully saturated rings. The molecule has 2 aliphatic rings. The smallest absolute Gasteiger partial charge is 0.222 e. The first-order valence-electron chi connectivity index (χ1n) is 9.91. The van der Waals surface area contributed by atoms with Gasteiger partial charge < -0.3 is 30.3 Å². The van der Waals surface area contributed by atoms with E-state index in [9.17, 15) is 25.5 Å². The Labute approximate surface area is 170 Å². The van der Waals surface area contributed by atoms with Gasteiger partial charge in [0.2, 0.25) is 5.79 Å². The molecule has 1 aliphatic carbocycles. The van der Waals surface area contributed by atoms with Gasteiger partial charge in [0, 0.05) is 10.6 Å². The molecule has 0 spiro atoms. The molecule has 3 rings (SSSR count). The van der Waals surface area contributed by atoms with E-state index in [-0.39, 0.29) is 5.56 Å². The fourth-order valence-corrected chi connectivity index (χ4v) is 4.52. The second kappa shape index (κ2) is 8.19. The van der Waals surface area contributed by atoms with Crippen LogP contribution in [0.5, 0.6) is 0 Å². The lowest BCUT2D eigenvalue weighted by atomic mass is 9.71. The minimum Gasteiger partial charge on any atom is -0.394 e. The van der Waals surface area contributed by atoms with Crippen molar-refractivity contribution in [2.45, 2.75) is 76.2 Å². The number of hydrogen-bond acceptors (Lipinski definition) is 6. The topological polar surface area (TPSA) is 110 Å². The number of benzene rings is 1. The van der Waals surface area contributed by atoms with E-state index < -0.39 is 36.8 Å². The monoisotopic (exact) mass is 414 g/mol. The molecule has 1 heterocycles. The minimum absolute atomic E-state index is 0.236. The van der Waals surface area contributed by atoms with Crippen LogP contribution in [-0.4, -0.2) is 56.6 Å². The number of halogens is 1. The van der Waals surface area contributed by atoms with E-state index in [4.69, 9.17) is 16.3 Å². The van der Waals surface area contributed by atoms with Crippen molar-refractivity contribution in [3.05, 3.63) is 34.3 Å². The highest BCUT2D eigenvalue weighted by atomic mass is 35.5. The molecule has 158 valence electrons. The number of aliphatic hydroxyl groups excluding tert-OH is 4. The highest BCUT2D eigenvalue weighted by molar-refractivity contribution is 6.31. The maximum atomic E-state index is 11.0. The molecule has 0 unspecified atom stereocenters. The first-order chi connectivity index (χ1) is 13.1. The van der Waals surface area contributed by atoms with E-state index in [0.29, 0.717) is 16.4 Å². The molecule has 1 aromatic carbocycles. The molecule has 5 N–H and O–H groups in total. The van der Waals surface area contributed by atoms with Crippen LogP contribution < -0.4 is 0 Å². The van der Waals surface area contributed by atoms with Crippen molar-refractivity contribution in [3.8, 4) is 0 Å². The van der Waals surface area contributed by atoms with Crippen LogP contribution in [0.1, 0.15) is 50.7 Å². The molecule has 7 heteroatoms. The van der Waals surface area contributed by atoms with Gasteiger partial charge in [-0.3, -0.25) is 0 Å². The lowest BCUT2D eigenvalue weighted by Gasteiger charge is -2.45. The van der Waals surface area contributed by atoms with E-state index in [1.165, 1.54) is 6.07 Å². The standard InChI is InChI=1S/C21H31ClO6/c1-20(2)7-5-12(6-8-20)9-13-10-14(3-4-15(13)22)21(27)19(26)18(25)17(24)16(11-23)28-21/h3-4,10,12,16-19,23-27H,5-9,11H2,1-2H3/t16-,17-,18+,19-,21+/m1/s1. The zero-order valence-corrected chi connectivity index (χ0v) is 17.1. The van der Waals surface area contributed by atoms with E-state index in [1.807, 2.05) is 0 Å². The van der Waals surface area contributed by atoms with Crippen molar-refractivity contribution in [2.75, 3.05) is 6.61 Å². The van der Waals surface area contributed by atoms with Crippen LogP contribution in [0.4, 0.5) is 0 Å². The number of rotatable bonds is 4. The largest absolute Gasteiger partial charge is 0.394 e. The molecule has 1 aliphatic heterocycles. The summed E-state index contributed by atoms with van der Waals surface area (Å²) in [5.41, 5.74) is 1.45. The van der Waals surface area contributed by atoms with Crippen molar-refractivity contribution in [2.24, 2.45) is 11.3 Å². The van der Waals surface area contributed by atoms with E-state index in [2.05, 4.69) is 13.8 Å². The third kappa shape index (κ3) is 4.24.